The molecule has 1 N–H and O–H groups in total. The van der Waals surface area contributed by atoms with Crippen LogP contribution in [0.3, 0.4) is 0 Å². The minimum absolute atomic E-state index is 0.0644. The van der Waals surface area contributed by atoms with E-state index in [0.717, 1.165) is 6.07 Å². The molecule has 70 valence electrons. The molecule has 3 nitrogen and oxygen atoms in total. The van der Waals surface area contributed by atoms with Crippen LogP contribution in [0, 0.1) is 5.82 Å². The number of benzene rings is 1. The molecular formula is C10H6FNO2. The van der Waals surface area contributed by atoms with Gasteiger partial charge in [0.1, 0.15) is 5.82 Å². The lowest BCUT2D eigenvalue weighted by molar-refractivity contribution is 0.0699. The Morgan fingerprint density at radius 3 is 2.79 bits per heavy atom. The Morgan fingerprint density at radius 2 is 2.07 bits per heavy atom. The number of carbonyl (C=O) groups is 1. The summed E-state index contributed by atoms with van der Waals surface area (Å²) in [5.41, 5.74) is 0.0644. The van der Waals surface area contributed by atoms with Gasteiger partial charge in [0, 0.05) is 23.2 Å². The molecule has 2 aromatic rings. The van der Waals surface area contributed by atoms with Crippen molar-refractivity contribution in [3.8, 4) is 0 Å². The number of halogens is 1. The average Bonchev–Trinajstić information content (AvgIpc) is 2.18. The van der Waals surface area contributed by atoms with Crippen molar-refractivity contribution >= 4 is 16.7 Å². The van der Waals surface area contributed by atoms with E-state index in [4.69, 9.17) is 5.11 Å². The smallest absolute Gasteiger partial charge is 0.336 e. The first-order valence-electron chi connectivity index (χ1n) is 3.95. The molecule has 0 unspecified atom stereocenters. The molecule has 14 heavy (non-hydrogen) atoms. The predicted octanol–water partition coefficient (Wildman–Crippen LogP) is 2.07. The molecule has 1 aromatic carbocycles. The van der Waals surface area contributed by atoms with Gasteiger partial charge in [-0.2, -0.15) is 0 Å². The maximum absolute atomic E-state index is 13.2. The fourth-order valence-corrected chi connectivity index (χ4v) is 1.34. The van der Waals surface area contributed by atoms with E-state index >= 15 is 0 Å². The molecule has 0 aliphatic rings. The second kappa shape index (κ2) is 3.06. The summed E-state index contributed by atoms with van der Waals surface area (Å²) in [4.78, 5) is 14.5. The van der Waals surface area contributed by atoms with Gasteiger partial charge in [-0.15, -0.1) is 0 Å². The molecule has 0 radical (unpaired) electrons. The summed E-state index contributed by atoms with van der Waals surface area (Å²) < 4.78 is 13.2. The van der Waals surface area contributed by atoms with Crippen molar-refractivity contribution in [2.75, 3.05) is 0 Å². The van der Waals surface area contributed by atoms with E-state index in [-0.39, 0.29) is 10.9 Å². The van der Waals surface area contributed by atoms with Crippen molar-refractivity contribution in [1.29, 1.82) is 0 Å². The van der Waals surface area contributed by atoms with Gasteiger partial charge in [0.2, 0.25) is 0 Å². The monoisotopic (exact) mass is 191 g/mol. The Bertz CT molecular complexity index is 510. The van der Waals surface area contributed by atoms with Crippen molar-refractivity contribution < 1.29 is 14.3 Å². The van der Waals surface area contributed by atoms with Gasteiger partial charge in [0.05, 0.1) is 5.56 Å². The van der Waals surface area contributed by atoms with E-state index in [1.165, 1.54) is 24.5 Å². The summed E-state index contributed by atoms with van der Waals surface area (Å²) in [5.74, 6) is -1.52. The summed E-state index contributed by atoms with van der Waals surface area (Å²) in [5, 5.41) is 9.42. The van der Waals surface area contributed by atoms with E-state index < -0.39 is 11.8 Å². The third-order valence-corrected chi connectivity index (χ3v) is 2.00. The molecule has 0 fully saturated rings. The normalized spacial score (nSPS) is 10.4. The Morgan fingerprint density at radius 1 is 1.29 bits per heavy atom. The van der Waals surface area contributed by atoms with Crippen LogP contribution in [-0.4, -0.2) is 16.1 Å². The SMILES string of the molecule is O=C(O)c1ccc(F)c2ccncc12. The molecular weight excluding hydrogens is 185 g/mol. The van der Waals surface area contributed by atoms with Gasteiger partial charge in [-0.1, -0.05) is 0 Å². The zero-order valence-corrected chi connectivity index (χ0v) is 7.07. The quantitative estimate of drug-likeness (QED) is 0.750. The van der Waals surface area contributed by atoms with Crippen molar-refractivity contribution in [1.82, 2.24) is 4.98 Å². The summed E-state index contributed by atoms with van der Waals surface area (Å²) in [6, 6.07) is 3.84. The summed E-state index contributed by atoms with van der Waals surface area (Å²) in [6.07, 6.45) is 2.78. The highest BCUT2D eigenvalue weighted by atomic mass is 19.1. The van der Waals surface area contributed by atoms with Gasteiger partial charge in [-0.25, -0.2) is 9.18 Å². The highest BCUT2D eigenvalue weighted by Crippen LogP contribution is 2.20. The molecule has 0 spiro atoms. The molecule has 1 aromatic heterocycles. The molecule has 4 heteroatoms. The first-order chi connectivity index (χ1) is 6.70. The van der Waals surface area contributed by atoms with Crippen LogP contribution >= 0.6 is 0 Å². The topological polar surface area (TPSA) is 50.2 Å². The number of pyridine rings is 1. The highest BCUT2D eigenvalue weighted by molar-refractivity contribution is 6.03. The van der Waals surface area contributed by atoms with Crippen LogP contribution in [-0.2, 0) is 0 Å². The van der Waals surface area contributed by atoms with E-state index in [0.29, 0.717) is 5.39 Å². The predicted molar refractivity (Wildman–Crippen MR) is 48.7 cm³/mol. The Balaban J connectivity index is 2.88. The van der Waals surface area contributed by atoms with Crippen LogP contribution in [0.4, 0.5) is 4.39 Å². The maximum atomic E-state index is 13.2. The van der Waals surface area contributed by atoms with E-state index in [2.05, 4.69) is 4.98 Å². The molecule has 1 heterocycles. The van der Waals surface area contributed by atoms with Crippen LogP contribution < -0.4 is 0 Å². The Kier molecular flexibility index (Phi) is 1.89. The first-order valence-corrected chi connectivity index (χ1v) is 3.95. The lowest BCUT2D eigenvalue weighted by atomic mass is 10.1. The van der Waals surface area contributed by atoms with E-state index in [9.17, 15) is 9.18 Å². The Labute approximate surface area is 78.8 Å². The minimum Gasteiger partial charge on any atom is -0.478 e. The minimum atomic E-state index is -1.08. The third-order valence-electron chi connectivity index (χ3n) is 2.00. The number of fused-ring (bicyclic) bond motifs is 1. The summed E-state index contributed by atoms with van der Waals surface area (Å²) >= 11 is 0. The molecule has 0 saturated carbocycles. The second-order valence-corrected chi connectivity index (χ2v) is 2.82. The second-order valence-electron chi connectivity index (χ2n) is 2.82. The van der Waals surface area contributed by atoms with Crippen LogP contribution in [0.1, 0.15) is 10.4 Å². The molecule has 0 atom stereocenters. The lowest BCUT2D eigenvalue weighted by Crippen LogP contribution is -1.98. The number of hydrogen-bond donors (Lipinski definition) is 1. The van der Waals surface area contributed by atoms with Crippen LogP contribution in [0.2, 0.25) is 0 Å². The van der Waals surface area contributed by atoms with Crippen molar-refractivity contribution in [3.63, 3.8) is 0 Å². The molecule has 0 amide bonds. The Hall–Kier alpha value is -1.97. The number of aromatic carboxylic acids is 1. The fourth-order valence-electron chi connectivity index (χ4n) is 1.34. The number of aromatic nitrogens is 1. The van der Waals surface area contributed by atoms with E-state index in [1.54, 1.807) is 0 Å². The zero-order valence-electron chi connectivity index (χ0n) is 7.07. The van der Waals surface area contributed by atoms with Gasteiger partial charge in [0.25, 0.3) is 0 Å². The molecule has 0 bridgehead atoms. The number of carboxylic acid groups (broad SMARTS) is 1. The first kappa shape index (κ1) is 8.62. The maximum Gasteiger partial charge on any atom is 0.336 e. The molecule has 0 aliphatic heterocycles. The van der Waals surface area contributed by atoms with Gasteiger partial charge < -0.3 is 5.11 Å². The number of hydrogen-bond acceptors (Lipinski definition) is 2. The third kappa shape index (κ3) is 1.21. The zero-order chi connectivity index (χ0) is 10.1. The lowest BCUT2D eigenvalue weighted by Gasteiger charge is -2.01. The van der Waals surface area contributed by atoms with Gasteiger partial charge in [0.15, 0.2) is 0 Å². The number of nitrogens with zero attached hydrogens (tertiary/aromatic N) is 1. The van der Waals surface area contributed by atoms with Crippen molar-refractivity contribution in [2.45, 2.75) is 0 Å². The van der Waals surface area contributed by atoms with E-state index in [1.807, 2.05) is 0 Å². The number of rotatable bonds is 1. The largest absolute Gasteiger partial charge is 0.478 e. The van der Waals surface area contributed by atoms with Crippen molar-refractivity contribution in [2.24, 2.45) is 0 Å². The summed E-state index contributed by atoms with van der Waals surface area (Å²) in [6.45, 7) is 0. The van der Waals surface area contributed by atoms with Gasteiger partial charge in [-0.3, -0.25) is 4.98 Å². The highest BCUT2D eigenvalue weighted by Gasteiger charge is 2.10. The van der Waals surface area contributed by atoms with Gasteiger partial charge >= 0.3 is 5.97 Å². The standard InChI is InChI=1S/C10H6FNO2/c11-9-2-1-7(10(13)14)8-5-12-4-3-6(8)9/h1-5H,(H,13,14). The van der Waals surface area contributed by atoms with Crippen LogP contribution in [0.25, 0.3) is 10.8 Å². The van der Waals surface area contributed by atoms with Crippen LogP contribution in [0.5, 0.6) is 0 Å². The summed E-state index contributed by atoms with van der Waals surface area (Å²) in [7, 11) is 0. The molecule has 0 aliphatic carbocycles. The van der Waals surface area contributed by atoms with Crippen LogP contribution in [0.15, 0.2) is 30.6 Å². The molecule has 2 rings (SSSR count). The molecule has 0 saturated heterocycles. The average molecular weight is 191 g/mol. The number of carboxylic acids is 1. The fraction of sp³-hybridized carbons (Fsp3) is 0. The van der Waals surface area contributed by atoms with Gasteiger partial charge in [-0.05, 0) is 18.2 Å². The van der Waals surface area contributed by atoms with Crippen molar-refractivity contribution in [3.05, 3.63) is 42.0 Å².